The van der Waals surface area contributed by atoms with Gasteiger partial charge in [0.05, 0.1) is 0 Å². The van der Waals surface area contributed by atoms with Crippen LogP contribution < -0.4 is 0 Å². The fourth-order valence-corrected chi connectivity index (χ4v) is 0.349. The van der Waals surface area contributed by atoms with Gasteiger partial charge < -0.3 is 9.94 Å². The van der Waals surface area contributed by atoms with Crippen LogP contribution in [-0.4, -0.2) is 11.4 Å². The summed E-state index contributed by atoms with van der Waals surface area (Å²) in [6.07, 6.45) is 0.208. The van der Waals surface area contributed by atoms with Gasteiger partial charge in [0.2, 0.25) is 6.29 Å². The van der Waals surface area contributed by atoms with Gasteiger partial charge in [-0.1, -0.05) is 13.3 Å². The molecule has 0 saturated carbocycles. The van der Waals surface area contributed by atoms with Crippen molar-refractivity contribution in [2.45, 2.75) is 26.1 Å². The van der Waals surface area contributed by atoms with Crippen molar-refractivity contribution in [3.05, 3.63) is 4.91 Å². The van der Waals surface area contributed by atoms with Gasteiger partial charge in [-0.15, -0.1) is 4.91 Å². The maximum atomic E-state index is 9.26. The molecule has 0 fully saturated rings. The number of rotatable bonds is 4. The quantitative estimate of drug-likeness (QED) is 0.338. The van der Waals surface area contributed by atoms with E-state index >= 15 is 0 Å². The Balaban J connectivity index is 3.03. The Morgan fingerprint density at radius 3 is 2.88 bits per heavy atom. The van der Waals surface area contributed by atoms with Crippen LogP contribution in [0.15, 0.2) is 5.34 Å². The summed E-state index contributed by atoms with van der Waals surface area (Å²) >= 11 is 0. The Morgan fingerprint density at radius 1 is 1.88 bits per heavy atom. The summed E-state index contributed by atoms with van der Waals surface area (Å²) in [5, 5.41) is 10.6. The highest BCUT2D eigenvalue weighted by molar-refractivity contribution is 4.35. The zero-order chi connectivity index (χ0) is 6.41. The van der Waals surface area contributed by atoms with Crippen molar-refractivity contribution in [3.63, 3.8) is 0 Å². The molecule has 48 valence electrons. The van der Waals surface area contributed by atoms with E-state index in [2.05, 4.69) is 10.2 Å². The average Bonchev–Trinajstić information content (AvgIpc) is 1.68. The first kappa shape index (κ1) is 7.36. The van der Waals surface area contributed by atoms with E-state index in [1.807, 2.05) is 6.92 Å². The van der Waals surface area contributed by atoms with Gasteiger partial charge in [-0.2, -0.15) is 0 Å². The van der Waals surface area contributed by atoms with E-state index in [4.69, 9.17) is 5.11 Å². The molecule has 1 atom stereocenters. The third kappa shape index (κ3) is 3.55. The Morgan fingerprint density at radius 2 is 2.50 bits per heavy atom. The lowest BCUT2D eigenvalue weighted by molar-refractivity contribution is -0.104. The number of hydrogen-bond donors (Lipinski definition) is 1. The monoisotopic (exact) mass is 119 g/mol. The molecular formula is C4H9NO3. The van der Waals surface area contributed by atoms with Gasteiger partial charge in [-0.25, -0.2) is 0 Å². The largest absolute Gasteiger partial charge is 0.357 e. The van der Waals surface area contributed by atoms with Crippen molar-refractivity contribution < 1.29 is 9.94 Å². The molecule has 0 amide bonds. The molecule has 4 nitrogen and oxygen atoms in total. The van der Waals surface area contributed by atoms with E-state index in [0.29, 0.717) is 6.42 Å². The normalized spacial score (nSPS) is 12.8. The molecule has 0 aliphatic carbocycles. The lowest BCUT2D eigenvalue weighted by Gasteiger charge is -2.00. The van der Waals surface area contributed by atoms with Crippen LogP contribution >= 0.6 is 0 Å². The topological polar surface area (TPSA) is 58.9 Å². The van der Waals surface area contributed by atoms with Crippen molar-refractivity contribution in [2.24, 2.45) is 5.34 Å². The standard InChI is InChI=1S/C4H9NO3/c1-2-3-4(6)8-5-7/h4,6H,2-3H2,1H3. The first-order chi connectivity index (χ1) is 3.81. The minimum absolute atomic E-state index is 0.450. The number of aliphatic hydroxyl groups excluding tert-OH is 1. The zero-order valence-corrected chi connectivity index (χ0v) is 4.70. The first-order valence-electron chi connectivity index (χ1n) is 2.47. The summed E-state index contributed by atoms with van der Waals surface area (Å²) in [6.45, 7) is 1.87. The third-order valence-corrected chi connectivity index (χ3v) is 0.700. The lowest BCUT2D eigenvalue weighted by Crippen LogP contribution is -2.06. The molecule has 0 spiro atoms. The number of nitrogens with zero attached hydrogens (tertiary/aromatic N) is 1. The van der Waals surface area contributed by atoms with Crippen LogP contribution in [0.2, 0.25) is 0 Å². The second-order valence-corrected chi connectivity index (χ2v) is 1.42. The van der Waals surface area contributed by atoms with Crippen molar-refractivity contribution >= 4 is 0 Å². The third-order valence-electron chi connectivity index (χ3n) is 0.700. The predicted octanol–water partition coefficient (Wildman–Crippen LogP) is 0.803. The molecule has 0 heterocycles. The number of aliphatic hydroxyl groups is 1. The highest BCUT2D eigenvalue weighted by Gasteiger charge is 1.99. The van der Waals surface area contributed by atoms with E-state index in [9.17, 15) is 4.91 Å². The second kappa shape index (κ2) is 4.52. The molecule has 0 aromatic carbocycles. The summed E-state index contributed by atoms with van der Waals surface area (Å²) in [5.41, 5.74) is 0. The summed E-state index contributed by atoms with van der Waals surface area (Å²) in [4.78, 5) is 13.2. The van der Waals surface area contributed by atoms with Crippen molar-refractivity contribution in [1.29, 1.82) is 0 Å². The maximum Gasteiger partial charge on any atom is 0.227 e. The minimum Gasteiger partial charge on any atom is -0.357 e. The van der Waals surface area contributed by atoms with E-state index in [1.54, 1.807) is 0 Å². The molecule has 1 N–H and O–H groups in total. The van der Waals surface area contributed by atoms with E-state index in [0.717, 1.165) is 6.42 Å². The average molecular weight is 119 g/mol. The van der Waals surface area contributed by atoms with Gasteiger partial charge >= 0.3 is 0 Å². The maximum absolute atomic E-state index is 9.26. The molecule has 0 saturated heterocycles. The van der Waals surface area contributed by atoms with Crippen LogP contribution in [0.3, 0.4) is 0 Å². The molecule has 0 aromatic heterocycles. The Hall–Kier alpha value is -0.640. The van der Waals surface area contributed by atoms with Crippen LogP contribution in [0.25, 0.3) is 0 Å². The van der Waals surface area contributed by atoms with Gasteiger partial charge in [-0.3, -0.25) is 0 Å². The fourth-order valence-electron chi connectivity index (χ4n) is 0.349. The van der Waals surface area contributed by atoms with Gasteiger partial charge in [-0.05, 0) is 0 Å². The molecular weight excluding hydrogens is 110 g/mol. The second-order valence-electron chi connectivity index (χ2n) is 1.42. The molecule has 4 heteroatoms. The van der Waals surface area contributed by atoms with Gasteiger partial charge in [0.15, 0.2) is 5.34 Å². The summed E-state index contributed by atoms with van der Waals surface area (Å²) in [7, 11) is 0. The summed E-state index contributed by atoms with van der Waals surface area (Å²) in [6, 6.07) is 0. The van der Waals surface area contributed by atoms with Gasteiger partial charge in [0.25, 0.3) is 0 Å². The van der Waals surface area contributed by atoms with Gasteiger partial charge in [0.1, 0.15) is 0 Å². The first-order valence-corrected chi connectivity index (χ1v) is 2.47. The van der Waals surface area contributed by atoms with Crippen molar-refractivity contribution in [1.82, 2.24) is 0 Å². The van der Waals surface area contributed by atoms with Crippen LogP contribution in [-0.2, 0) is 4.84 Å². The molecule has 0 aliphatic rings. The molecule has 1 unspecified atom stereocenters. The minimum atomic E-state index is -1.02. The highest BCUT2D eigenvalue weighted by Crippen LogP contribution is 1.96. The van der Waals surface area contributed by atoms with Crippen LogP contribution in [0.5, 0.6) is 0 Å². The smallest absolute Gasteiger partial charge is 0.227 e. The summed E-state index contributed by atoms with van der Waals surface area (Å²) < 4.78 is 0. The van der Waals surface area contributed by atoms with Crippen LogP contribution in [0.4, 0.5) is 0 Å². The van der Waals surface area contributed by atoms with E-state index in [-0.39, 0.29) is 0 Å². The Kier molecular flexibility index (Phi) is 4.16. The van der Waals surface area contributed by atoms with Gasteiger partial charge in [0, 0.05) is 6.42 Å². The molecule has 0 bridgehead atoms. The SMILES string of the molecule is CCCC(O)ON=O. The van der Waals surface area contributed by atoms with Crippen molar-refractivity contribution in [2.75, 3.05) is 0 Å². The van der Waals surface area contributed by atoms with Crippen LogP contribution in [0, 0.1) is 4.91 Å². The molecule has 0 radical (unpaired) electrons. The Bertz CT molecular complexity index is 66.3. The Labute approximate surface area is 47.4 Å². The van der Waals surface area contributed by atoms with Crippen molar-refractivity contribution in [3.8, 4) is 0 Å². The number of hydrogen-bond acceptors (Lipinski definition) is 4. The zero-order valence-electron chi connectivity index (χ0n) is 4.70. The van der Waals surface area contributed by atoms with E-state index < -0.39 is 6.29 Å². The summed E-state index contributed by atoms with van der Waals surface area (Å²) in [5.74, 6) is 0. The molecule has 8 heavy (non-hydrogen) atoms. The lowest BCUT2D eigenvalue weighted by atomic mass is 10.3. The molecule has 0 aromatic rings. The molecule has 0 rings (SSSR count). The van der Waals surface area contributed by atoms with Crippen LogP contribution in [0.1, 0.15) is 19.8 Å². The predicted molar refractivity (Wildman–Crippen MR) is 27.8 cm³/mol. The fraction of sp³-hybridized carbons (Fsp3) is 1.00. The van der Waals surface area contributed by atoms with E-state index in [1.165, 1.54) is 0 Å². The molecule has 0 aliphatic heterocycles. The highest BCUT2D eigenvalue weighted by atomic mass is 16.8.